The first-order valence-electron chi connectivity index (χ1n) is 8.05. The van der Waals surface area contributed by atoms with Crippen molar-refractivity contribution in [3.05, 3.63) is 38.7 Å². The van der Waals surface area contributed by atoms with Crippen LogP contribution in [0, 0.1) is 0 Å². The predicted molar refractivity (Wildman–Crippen MR) is 101 cm³/mol. The Labute approximate surface area is 164 Å². The summed E-state index contributed by atoms with van der Waals surface area (Å²) in [5, 5.41) is 3.21. The Balaban J connectivity index is 1.59. The van der Waals surface area contributed by atoms with Crippen LogP contribution in [0.1, 0.15) is 18.4 Å². The molecule has 138 valence electrons. The molecule has 1 N–H and O–H groups in total. The second-order valence-corrected chi connectivity index (χ2v) is 7.63. The Morgan fingerprint density at radius 2 is 2.19 bits per heavy atom. The molecule has 0 aromatic heterocycles. The van der Waals surface area contributed by atoms with Crippen molar-refractivity contribution in [2.45, 2.75) is 18.9 Å². The van der Waals surface area contributed by atoms with E-state index in [4.69, 9.17) is 27.9 Å². The highest BCUT2D eigenvalue weighted by atomic mass is 35.5. The van der Waals surface area contributed by atoms with Gasteiger partial charge < -0.3 is 10.1 Å². The van der Waals surface area contributed by atoms with Gasteiger partial charge in [-0.2, -0.15) is 0 Å². The highest BCUT2D eigenvalue weighted by molar-refractivity contribution is 8.18. The number of hydrogen-bond acceptors (Lipinski definition) is 5. The van der Waals surface area contributed by atoms with Gasteiger partial charge in [0, 0.05) is 29.7 Å². The van der Waals surface area contributed by atoms with Crippen molar-refractivity contribution >= 4 is 58.1 Å². The van der Waals surface area contributed by atoms with E-state index in [2.05, 4.69) is 5.32 Å². The number of nitrogens with zero attached hydrogens (tertiary/aromatic N) is 1. The molecular weight excluding hydrogens is 399 g/mol. The number of nitrogens with one attached hydrogen (secondary N) is 1. The van der Waals surface area contributed by atoms with E-state index in [-0.39, 0.29) is 29.1 Å². The van der Waals surface area contributed by atoms with E-state index in [0.29, 0.717) is 28.6 Å². The Morgan fingerprint density at radius 3 is 2.88 bits per heavy atom. The van der Waals surface area contributed by atoms with Gasteiger partial charge in [-0.1, -0.05) is 29.3 Å². The number of benzene rings is 1. The first-order chi connectivity index (χ1) is 12.5. The molecule has 2 aliphatic rings. The standard InChI is InChI=1S/C17H16Cl2N2O4S/c18-11-4-3-10(12(19)9-11)8-14-16(23)21(17(24)26-14)6-5-20-15(22)13-2-1-7-25-13/h3-4,8-9,13H,1-2,5-7H2,(H,20,22)/b14-8-/t13-/m0/s1. The lowest BCUT2D eigenvalue weighted by atomic mass is 10.2. The van der Waals surface area contributed by atoms with Gasteiger partial charge in [-0.15, -0.1) is 0 Å². The van der Waals surface area contributed by atoms with E-state index in [1.54, 1.807) is 24.3 Å². The van der Waals surface area contributed by atoms with Gasteiger partial charge in [-0.05, 0) is 48.4 Å². The molecule has 0 spiro atoms. The zero-order valence-electron chi connectivity index (χ0n) is 13.7. The minimum atomic E-state index is -0.433. The number of rotatable bonds is 5. The van der Waals surface area contributed by atoms with E-state index in [1.165, 1.54) is 0 Å². The van der Waals surface area contributed by atoms with Crippen molar-refractivity contribution in [2.24, 2.45) is 0 Å². The zero-order chi connectivity index (χ0) is 18.7. The summed E-state index contributed by atoms with van der Waals surface area (Å²) in [6.07, 6.45) is 2.68. The fourth-order valence-electron chi connectivity index (χ4n) is 2.64. The zero-order valence-corrected chi connectivity index (χ0v) is 16.0. The molecule has 0 aliphatic carbocycles. The summed E-state index contributed by atoms with van der Waals surface area (Å²) in [6.45, 7) is 0.875. The Kier molecular flexibility index (Phi) is 6.24. The number of thioether (sulfide) groups is 1. The van der Waals surface area contributed by atoms with Crippen LogP contribution in [-0.4, -0.2) is 47.8 Å². The summed E-state index contributed by atoms with van der Waals surface area (Å²) < 4.78 is 5.29. The summed E-state index contributed by atoms with van der Waals surface area (Å²) in [5.74, 6) is -0.615. The molecule has 0 radical (unpaired) electrons. The third-order valence-corrected chi connectivity index (χ3v) is 5.45. The van der Waals surface area contributed by atoms with Gasteiger partial charge in [0.1, 0.15) is 6.10 Å². The highest BCUT2D eigenvalue weighted by Crippen LogP contribution is 2.33. The number of halogens is 2. The quantitative estimate of drug-likeness (QED) is 0.747. The summed E-state index contributed by atoms with van der Waals surface area (Å²) in [5.41, 5.74) is 0.605. The number of ether oxygens (including phenoxy) is 1. The van der Waals surface area contributed by atoms with Crippen molar-refractivity contribution in [3.63, 3.8) is 0 Å². The number of carbonyl (C=O) groups excluding carboxylic acids is 3. The van der Waals surface area contributed by atoms with Gasteiger partial charge in [-0.3, -0.25) is 19.3 Å². The van der Waals surface area contributed by atoms with E-state index in [1.807, 2.05) is 0 Å². The topological polar surface area (TPSA) is 75.7 Å². The van der Waals surface area contributed by atoms with Gasteiger partial charge in [-0.25, -0.2) is 0 Å². The summed E-state index contributed by atoms with van der Waals surface area (Å²) in [7, 11) is 0. The van der Waals surface area contributed by atoms with Crippen molar-refractivity contribution in [1.29, 1.82) is 0 Å². The second kappa shape index (κ2) is 8.43. The molecule has 3 amide bonds. The van der Waals surface area contributed by atoms with Crippen LogP contribution >= 0.6 is 35.0 Å². The molecule has 2 aliphatic heterocycles. The minimum absolute atomic E-state index is 0.106. The maximum Gasteiger partial charge on any atom is 0.293 e. The second-order valence-electron chi connectivity index (χ2n) is 5.79. The first kappa shape index (κ1) is 19.2. The number of amides is 3. The van der Waals surface area contributed by atoms with E-state index in [9.17, 15) is 14.4 Å². The number of hydrogen-bond donors (Lipinski definition) is 1. The van der Waals surface area contributed by atoms with E-state index < -0.39 is 12.0 Å². The molecule has 1 aromatic rings. The molecule has 1 atom stereocenters. The lowest BCUT2D eigenvalue weighted by Gasteiger charge is -2.14. The third-order valence-electron chi connectivity index (χ3n) is 3.98. The van der Waals surface area contributed by atoms with Crippen molar-refractivity contribution in [2.75, 3.05) is 19.7 Å². The average molecular weight is 415 g/mol. The van der Waals surface area contributed by atoms with Gasteiger partial charge in [0.05, 0.1) is 4.91 Å². The van der Waals surface area contributed by atoms with Crippen LogP contribution in [0.15, 0.2) is 23.1 Å². The predicted octanol–water partition coefficient (Wildman–Crippen LogP) is 3.32. The Hall–Kier alpha value is -1.54. The molecule has 2 fully saturated rings. The molecule has 26 heavy (non-hydrogen) atoms. The van der Waals surface area contributed by atoms with Crippen LogP contribution in [0.25, 0.3) is 6.08 Å². The summed E-state index contributed by atoms with van der Waals surface area (Å²) in [4.78, 5) is 37.8. The molecule has 0 bridgehead atoms. The van der Waals surface area contributed by atoms with Gasteiger partial charge in [0.2, 0.25) is 5.91 Å². The molecule has 0 saturated carbocycles. The van der Waals surface area contributed by atoms with Crippen LogP contribution < -0.4 is 5.32 Å². The fourth-order valence-corrected chi connectivity index (χ4v) is 3.96. The Morgan fingerprint density at radius 1 is 1.38 bits per heavy atom. The van der Waals surface area contributed by atoms with Gasteiger partial charge >= 0.3 is 0 Å². The number of carbonyl (C=O) groups is 3. The van der Waals surface area contributed by atoms with Crippen LogP contribution in [-0.2, 0) is 14.3 Å². The smallest absolute Gasteiger partial charge is 0.293 e. The maximum atomic E-state index is 12.4. The van der Waals surface area contributed by atoms with E-state index in [0.717, 1.165) is 23.1 Å². The highest BCUT2D eigenvalue weighted by Gasteiger charge is 2.35. The van der Waals surface area contributed by atoms with Gasteiger partial charge in [0.15, 0.2) is 0 Å². The third kappa shape index (κ3) is 4.40. The molecule has 9 heteroatoms. The largest absolute Gasteiger partial charge is 0.368 e. The summed E-state index contributed by atoms with van der Waals surface area (Å²) in [6, 6.07) is 4.91. The average Bonchev–Trinajstić information content (AvgIpc) is 3.21. The lowest BCUT2D eigenvalue weighted by molar-refractivity contribution is -0.130. The lowest BCUT2D eigenvalue weighted by Crippen LogP contribution is -2.40. The normalized spacial score (nSPS) is 21.7. The molecule has 6 nitrogen and oxygen atoms in total. The van der Waals surface area contributed by atoms with Crippen molar-refractivity contribution < 1.29 is 19.1 Å². The monoisotopic (exact) mass is 414 g/mol. The molecular formula is C17H16Cl2N2O4S. The number of imide groups is 1. The molecule has 0 unspecified atom stereocenters. The first-order valence-corrected chi connectivity index (χ1v) is 9.62. The SMILES string of the molecule is O=C(NCCN1C(=O)S/C(=C\c2ccc(Cl)cc2Cl)C1=O)[C@@H]1CCCO1. The van der Waals surface area contributed by atoms with Crippen LogP contribution in [0.3, 0.4) is 0 Å². The minimum Gasteiger partial charge on any atom is -0.368 e. The molecule has 2 saturated heterocycles. The molecule has 3 rings (SSSR count). The van der Waals surface area contributed by atoms with Crippen LogP contribution in [0.5, 0.6) is 0 Å². The Bertz CT molecular complexity index is 778. The summed E-state index contributed by atoms with van der Waals surface area (Å²) >= 11 is 12.8. The van der Waals surface area contributed by atoms with Crippen molar-refractivity contribution in [3.8, 4) is 0 Å². The van der Waals surface area contributed by atoms with Crippen LogP contribution in [0.4, 0.5) is 4.79 Å². The fraction of sp³-hybridized carbons (Fsp3) is 0.353. The molecule has 2 heterocycles. The van der Waals surface area contributed by atoms with Gasteiger partial charge in [0.25, 0.3) is 11.1 Å². The van der Waals surface area contributed by atoms with Crippen molar-refractivity contribution in [1.82, 2.24) is 10.2 Å². The molecule has 1 aromatic carbocycles. The van der Waals surface area contributed by atoms with Crippen LogP contribution in [0.2, 0.25) is 10.0 Å². The van der Waals surface area contributed by atoms with E-state index >= 15 is 0 Å². The maximum absolute atomic E-state index is 12.4.